The minimum Gasteiger partial charge on any atom is -0.465 e. The number of amides is 1. The maximum Gasteiger partial charge on any atom is 0.407 e. The number of carbonyl (C=O) groups is 1. The first-order chi connectivity index (χ1) is 9.47. The second-order valence-corrected chi connectivity index (χ2v) is 5.07. The molecule has 1 aromatic rings. The molecule has 1 heterocycles. The second kappa shape index (κ2) is 5.58. The summed E-state index contributed by atoms with van der Waals surface area (Å²) in [6.45, 7) is 0.129. The number of rotatable bonds is 2. The van der Waals surface area contributed by atoms with Gasteiger partial charge in [0, 0.05) is 23.0 Å². The minimum atomic E-state index is -1.39. The number of carboxylic acid groups (broad SMARTS) is 1. The molecule has 2 N–H and O–H groups in total. The molecule has 8 heteroatoms. The molecule has 1 fully saturated rings. The van der Waals surface area contributed by atoms with Crippen molar-refractivity contribution in [1.29, 1.82) is 0 Å². The molecular weight excluding hydrogens is 284 g/mol. The van der Waals surface area contributed by atoms with E-state index in [2.05, 4.69) is 10.0 Å². The lowest BCUT2D eigenvalue weighted by Crippen LogP contribution is -2.53. The average molecular weight is 297 g/mol. The first-order valence-electron chi connectivity index (χ1n) is 5.98. The normalized spacial score (nSPS) is 25.9. The standard InChI is InChI=1S/C12H13ClN4O3/c13-9-3-1-8(2-4-9)12(20)5-6-17(11(18)19)7-10(12)15-16-14/h1-4,10,20H,5-7H2,(H,18,19). The van der Waals surface area contributed by atoms with Crippen LogP contribution in [0.25, 0.3) is 10.4 Å². The summed E-state index contributed by atoms with van der Waals surface area (Å²) in [5.74, 6) is 0. The van der Waals surface area contributed by atoms with Crippen LogP contribution >= 0.6 is 11.6 Å². The van der Waals surface area contributed by atoms with Gasteiger partial charge in [-0.05, 0) is 29.6 Å². The quantitative estimate of drug-likeness (QED) is 0.497. The van der Waals surface area contributed by atoms with Gasteiger partial charge in [0.1, 0.15) is 5.60 Å². The van der Waals surface area contributed by atoms with E-state index >= 15 is 0 Å². The summed E-state index contributed by atoms with van der Waals surface area (Å²) in [6, 6.07) is 5.69. The van der Waals surface area contributed by atoms with Gasteiger partial charge in [0.15, 0.2) is 0 Å². The van der Waals surface area contributed by atoms with Gasteiger partial charge in [-0.2, -0.15) is 0 Å². The number of aliphatic hydroxyl groups is 1. The number of halogens is 1. The molecule has 1 amide bonds. The second-order valence-electron chi connectivity index (χ2n) is 4.63. The molecule has 0 saturated carbocycles. The third-order valence-electron chi connectivity index (χ3n) is 3.51. The van der Waals surface area contributed by atoms with E-state index in [1.54, 1.807) is 24.3 Å². The molecule has 2 unspecified atom stereocenters. The molecule has 0 radical (unpaired) electrons. The van der Waals surface area contributed by atoms with Gasteiger partial charge in [-0.1, -0.05) is 28.8 Å². The van der Waals surface area contributed by atoms with Crippen LogP contribution in [-0.2, 0) is 5.60 Å². The Bertz CT molecular complexity index is 558. The van der Waals surface area contributed by atoms with E-state index < -0.39 is 17.7 Å². The Morgan fingerprint density at radius 2 is 2.15 bits per heavy atom. The van der Waals surface area contributed by atoms with Crippen LogP contribution in [0, 0.1) is 0 Å². The van der Waals surface area contributed by atoms with Crippen LogP contribution in [0.2, 0.25) is 5.02 Å². The topological polar surface area (TPSA) is 110 Å². The number of azide groups is 1. The van der Waals surface area contributed by atoms with Gasteiger partial charge in [0.05, 0.1) is 6.04 Å². The number of nitrogens with zero attached hydrogens (tertiary/aromatic N) is 4. The SMILES string of the molecule is [N-]=[N+]=NC1CN(C(=O)O)CCC1(O)c1ccc(Cl)cc1. The fourth-order valence-electron chi connectivity index (χ4n) is 2.37. The zero-order valence-electron chi connectivity index (χ0n) is 10.5. The number of hydrogen-bond acceptors (Lipinski definition) is 3. The molecule has 0 aromatic heterocycles. The minimum absolute atomic E-state index is 0.0431. The van der Waals surface area contributed by atoms with Crippen LogP contribution in [-0.4, -0.2) is 40.3 Å². The molecule has 20 heavy (non-hydrogen) atoms. The Morgan fingerprint density at radius 1 is 1.50 bits per heavy atom. The molecule has 2 atom stereocenters. The summed E-state index contributed by atoms with van der Waals surface area (Å²) in [5.41, 5.74) is 7.80. The van der Waals surface area contributed by atoms with Crippen molar-refractivity contribution >= 4 is 17.7 Å². The third-order valence-corrected chi connectivity index (χ3v) is 3.77. The van der Waals surface area contributed by atoms with Crippen LogP contribution in [0.1, 0.15) is 12.0 Å². The van der Waals surface area contributed by atoms with Gasteiger partial charge in [0.2, 0.25) is 0 Å². The molecule has 0 bridgehead atoms. The van der Waals surface area contributed by atoms with E-state index in [-0.39, 0.29) is 19.5 Å². The van der Waals surface area contributed by atoms with Crippen molar-refractivity contribution in [2.24, 2.45) is 5.11 Å². The van der Waals surface area contributed by atoms with Gasteiger partial charge in [-0.3, -0.25) is 0 Å². The van der Waals surface area contributed by atoms with Crippen LogP contribution < -0.4 is 0 Å². The van der Waals surface area contributed by atoms with E-state index in [0.29, 0.717) is 10.6 Å². The molecule has 1 aliphatic heterocycles. The largest absolute Gasteiger partial charge is 0.465 e. The third kappa shape index (κ3) is 2.65. The van der Waals surface area contributed by atoms with Crippen molar-refractivity contribution in [3.8, 4) is 0 Å². The van der Waals surface area contributed by atoms with E-state index in [4.69, 9.17) is 22.2 Å². The van der Waals surface area contributed by atoms with Crippen molar-refractivity contribution in [2.45, 2.75) is 18.1 Å². The molecule has 1 aliphatic rings. The lowest BCUT2D eigenvalue weighted by Gasteiger charge is -2.42. The molecule has 1 saturated heterocycles. The maximum absolute atomic E-state index is 11.0. The summed E-state index contributed by atoms with van der Waals surface area (Å²) in [4.78, 5) is 14.8. The zero-order chi connectivity index (χ0) is 14.8. The lowest BCUT2D eigenvalue weighted by molar-refractivity contribution is -0.0387. The molecular formula is C12H13ClN4O3. The summed E-state index contributed by atoms with van der Waals surface area (Å²) in [6.07, 6.45) is -0.939. The summed E-state index contributed by atoms with van der Waals surface area (Å²) < 4.78 is 0. The first kappa shape index (κ1) is 14.5. The zero-order valence-corrected chi connectivity index (χ0v) is 11.2. The van der Waals surface area contributed by atoms with Crippen LogP contribution in [0.15, 0.2) is 29.4 Å². The molecule has 1 aromatic carbocycles. The predicted molar refractivity (Wildman–Crippen MR) is 72.5 cm³/mol. The lowest BCUT2D eigenvalue weighted by atomic mass is 9.81. The van der Waals surface area contributed by atoms with Gasteiger partial charge in [-0.25, -0.2) is 4.79 Å². The summed E-state index contributed by atoms with van der Waals surface area (Å²) >= 11 is 5.81. The van der Waals surface area contributed by atoms with Crippen LogP contribution in [0.3, 0.4) is 0 Å². The predicted octanol–water partition coefficient (Wildman–Crippen LogP) is 2.59. The van der Waals surface area contributed by atoms with Gasteiger partial charge in [-0.15, -0.1) is 0 Å². The van der Waals surface area contributed by atoms with E-state index in [0.717, 1.165) is 4.90 Å². The average Bonchev–Trinajstić information content (AvgIpc) is 2.42. The molecule has 7 nitrogen and oxygen atoms in total. The van der Waals surface area contributed by atoms with Crippen molar-refractivity contribution in [1.82, 2.24) is 4.90 Å². The van der Waals surface area contributed by atoms with Crippen molar-refractivity contribution in [3.05, 3.63) is 45.3 Å². The fraction of sp³-hybridized carbons (Fsp3) is 0.417. The van der Waals surface area contributed by atoms with Crippen LogP contribution in [0.5, 0.6) is 0 Å². The Morgan fingerprint density at radius 3 is 2.70 bits per heavy atom. The number of piperidine rings is 1. The first-order valence-corrected chi connectivity index (χ1v) is 6.35. The van der Waals surface area contributed by atoms with E-state index in [1.807, 2.05) is 0 Å². The number of hydrogen-bond donors (Lipinski definition) is 2. The summed E-state index contributed by atoms with van der Waals surface area (Å²) in [5, 5.41) is 23.9. The fourth-order valence-corrected chi connectivity index (χ4v) is 2.49. The van der Waals surface area contributed by atoms with Gasteiger partial charge in [0.25, 0.3) is 0 Å². The smallest absolute Gasteiger partial charge is 0.407 e. The molecule has 2 rings (SSSR count). The maximum atomic E-state index is 11.0. The highest BCUT2D eigenvalue weighted by Gasteiger charge is 2.43. The highest BCUT2D eigenvalue weighted by Crippen LogP contribution is 2.35. The van der Waals surface area contributed by atoms with Crippen molar-refractivity contribution < 1.29 is 15.0 Å². The molecule has 0 aliphatic carbocycles. The number of likely N-dealkylation sites (tertiary alicyclic amines) is 1. The van der Waals surface area contributed by atoms with E-state index in [1.165, 1.54) is 0 Å². The molecule has 0 spiro atoms. The Labute approximate surface area is 120 Å². The van der Waals surface area contributed by atoms with Crippen molar-refractivity contribution in [2.75, 3.05) is 13.1 Å². The van der Waals surface area contributed by atoms with Crippen molar-refractivity contribution in [3.63, 3.8) is 0 Å². The Kier molecular flexibility index (Phi) is 4.04. The Balaban J connectivity index is 2.35. The molecule has 106 valence electrons. The monoisotopic (exact) mass is 296 g/mol. The number of benzene rings is 1. The van der Waals surface area contributed by atoms with Gasteiger partial charge >= 0.3 is 6.09 Å². The Hall–Kier alpha value is -1.95. The highest BCUT2D eigenvalue weighted by atomic mass is 35.5. The highest BCUT2D eigenvalue weighted by molar-refractivity contribution is 6.30. The van der Waals surface area contributed by atoms with Crippen LogP contribution in [0.4, 0.5) is 4.79 Å². The summed E-state index contributed by atoms with van der Waals surface area (Å²) in [7, 11) is 0. The van der Waals surface area contributed by atoms with E-state index in [9.17, 15) is 9.90 Å². The van der Waals surface area contributed by atoms with Gasteiger partial charge < -0.3 is 15.1 Å².